The predicted molar refractivity (Wildman–Crippen MR) is 80.4 cm³/mol. The van der Waals surface area contributed by atoms with Crippen molar-refractivity contribution in [3.63, 3.8) is 0 Å². The van der Waals surface area contributed by atoms with Crippen LogP contribution in [-0.4, -0.2) is 60.4 Å². The molecule has 1 aromatic rings. The lowest BCUT2D eigenvalue weighted by atomic mass is 10.2. The molecule has 0 radical (unpaired) electrons. The third-order valence-electron chi connectivity index (χ3n) is 4.24. The number of rotatable bonds is 4. The first-order valence-electron chi connectivity index (χ1n) is 7.48. The first-order valence-corrected chi connectivity index (χ1v) is 8.29. The highest BCUT2D eigenvalue weighted by atomic mass is 32.1. The van der Waals surface area contributed by atoms with Crippen molar-refractivity contribution in [1.82, 2.24) is 9.88 Å². The summed E-state index contributed by atoms with van der Waals surface area (Å²) < 4.78 is 5.43. The van der Waals surface area contributed by atoms with Gasteiger partial charge in [0.05, 0.1) is 30.4 Å². The van der Waals surface area contributed by atoms with Crippen LogP contribution in [0, 0.1) is 0 Å². The van der Waals surface area contributed by atoms with E-state index in [4.69, 9.17) is 9.72 Å². The van der Waals surface area contributed by atoms with E-state index >= 15 is 0 Å². The third-order valence-corrected chi connectivity index (χ3v) is 5.38. The number of ether oxygens (including phenoxy) is 1. The van der Waals surface area contributed by atoms with E-state index in [-0.39, 0.29) is 6.61 Å². The fraction of sp³-hybridized carbons (Fsp3) is 0.786. The molecular weight excluding hydrogens is 274 g/mol. The standard InChI is InChI=1S/C14H23N3O2S/c1-2-12-13(10-18)20-14(15-12)17-4-3-11(9-17)16-5-7-19-8-6-16/h11,18H,2-10H2,1H3. The van der Waals surface area contributed by atoms with Crippen LogP contribution in [0.3, 0.4) is 0 Å². The molecule has 20 heavy (non-hydrogen) atoms. The van der Waals surface area contributed by atoms with Crippen LogP contribution in [0.15, 0.2) is 0 Å². The topological polar surface area (TPSA) is 48.8 Å². The van der Waals surface area contributed by atoms with Crippen LogP contribution in [0.2, 0.25) is 0 Å². The van der Waals surface area contributed by atoms with Crippen molar-refractivity contribution in [1.29, 1.82) is 0 Å². The number of hydrogen-bond donors (Lipinski definition) is 1. The number of aryl methyl sites for hydroxylation is 1. The van der Waals surface area contributed by atoms with E-state index in [0.717, 1.165) is 61.5 Å². The average molecular weight is 297 g/mol. The van der Waals surface area contributed by atoms with E-state index in [1.165, 1.54) is 6.42 Å². The molecule has 2 saturated heterocycles. The molecule has 0 saturated carbocycles. The molecule has 1 aromatic heterocycles. The number of anilines is 1. The largest absolute Gasteiger partial charge is 0.391 e. The van der Waals surface area contributed by atoms with Crippen molar-refractivity contribution in [2.45, 2.75) is 32.4 Å². The van der Waals surface area contributed by atoms with Crippen molar-refractivity contribution < 1.29 is 9.84 Å². The molecule has 0 spiro atoms. The van der Waals surface area contributed by atoms with Gasteiger partial charge in [0.15, 0.2) is 5.13 Å². The first-order chi connectivity index (χ1) is 9.81. The molecule has 2 aliphatic rings. The van der Waals surface area contributed by atoms with Gasteiger partial charge < -0.3 is 14.7 Å². The van der Waals surface area contributed by atoms with Crippen LogP contribution in [-0.2, 0) is 17.8 Å². The monoisotopic (exact) mass is 297 g/mol. The third kappa shape index (κ3) is 2.83. The second-order valence-corrected chi connectivity index (χ2v) is 6.48. The van der Waals surface area contributed by atoms with Crippen molar-refractivity contribution in [2.75, 3.05) is 44.3 Å². The molecule has 2 fully saturated rings. The molecule has 0 aromatic carbocycles. The van der Waals surface area contributed by atoms with Gasteiger partial charge in [-0.1, -0.05) is 18.3 Å². The Balaban J connectivity index is 1.65. The van der Waals surface area contributed by atoms with E-state index in [9.17, 15) is 5.11 Å². The molecule has 5 nitrogen and oxygen atoms in total. The zero-order valence-electron chi connectivity index (χ0n) is 12.0. The minimum absolute atomic E-state index is 0.113. The second-order valence-electron chi connectivity index (χ2n) is 5.41. The molecule has 6 heteroatoms. The quantitative estimate of drug-likeness (QED) is 0.902. The van der Waals surface area contributed by atoms with Gasteiger partial charge in [-0.2, -0.15) is 0 Å². The second kappa shape index (κ2) is 6.39. The highest BCUT2D eigenvalue weighted by Crippen LogP contribution is 2.30. The molecule has 0 amide bonds. The number of aliphatic hydroxyl groups excluding tert-OH is 1. The summed E-state index contributed by atoms with van der Waals surface area (Å²) in [6, 6.07) is 0.630. The van der Waals surface area contributed by atoms with Gasteiger partial charge in [0.25, 0.3) is 0 Å². The fourth-order valence-electron chi connectivity index (χ4n) is 3.06. The van der Waals surface area contributed by atoms with Crippen molar-refractivity contribution in [2.24, 2.45) is 0 Å². The van der Waals surface area contributed by atoms with Crippen LogP contribution in [0.5, 0.6) is 0 Å². The van der Waals surface area contributed by atoms with Crippen molar-refractivity contribution >= 4 is 16.5 Å². The van der Waals surface area contributed by atoms with Crippen molar-refractivity contribution in [3.8, 4) is 0 Å². The lowest BCUT2D eigenvalue weighted by Crippen LogP contribution is -2.44. The van der Waals surface area contributed by atoms with Gasteiger partial charge in [0, 0.05) is 32.2 Å². The summed E-state index contributed by atoms with van der Waals surface area (Å²) in [5.41, 5.74) is 1.06. The van der Waals surface area contributed by atoms with Gasteiger partial charge in [0.2, 0.25) is 0 Å². The molecule has 3 rings (SSSR count). The Morgan fingerprint density at radius 1 is 1.35 bits per heavy atom. The van der Waals surface area contributed by atoms with E-state index < -0.39 is 0 Å². The van der Waals surface area contributed by atoms with Crippen LogP contribution < -0.4 is 4.90 Å². The SMILES string of the molecule is CCc1nc(N2CCC(N3CCOCC3)C2)sc1CO. The maximum absolute atomic E-state index is 9.39. The Morgan fingerprint density at radius 2 is 2.15 bits per heavy atom. The highest BCUT2D eigenvalue weighted by molar-refractivity contribution is 7.15. The Bertz CT molecular complexity index is 424. The molecule has 0 bridgehead atoms. The number of nitrogens with zero attached hydrogens (tertiary/aromatic N) is 3. The summed E-state index contributed by atoms with van der Waals surface area (Å²) in [6.07, 6.45) is 2.10. The lowest BCUT2D eigenvalue weighted by molar-refractivity contribution is 0.0209. The summed E-state index contributed by atoms with van der Waals surface area (Å²) in [5, 5.41) is 10.5. The van der Waals surface area contributed by atoms with Crippen molar-refractivity contribution in [3.05, 3.63) is 10.6 Å². The van der Waals surface area contributed by atoms with E-state index in [1.807, 2.05) is 0 Å². The van der Waals surface area contributed by atoms with Crippen LogP contribution in [0.4, 0.5) is 5.13 Å². The van der Waals surface area contributed by atoms with E-state index in [0.29, 0.717) is 6.04 Å². The summed E-state index contributed by atoms with van der Waals surface area (Å²) in [7, 11) is 0. The number of aromatic nitrogens is 1. The molecule has 1 unspecified atom stereocenters. The van der Waals surface area contributed by atoms with Gasteiger partial charge in [-0.3, -0.25) is 4.90 Å². The van der Waals surface area contributed by atoms with Gasteiger partial charge in [-0.15, -0.1) is 0 Å². The molecule has 3 heterocycles. The van der Waals surface area contributed by atoms with Gasteiger partial charge in [-0.25, -0.2) is 4.98 Å². The minimum atomic E-state index is 0.113. The first kappa shape index (κ1) is 14.3. The zero-order chi connectivity index (χ0) is 13.9. The zero-order valence-corrected chi connectivity index (χ0v) is 12.9. The maximum atomic E-state index is 9.39. The van der Waals surface area contributed by atoms with Crippen LogP contribution in [0.1, 0.15) is 23.9 Å². The molecule has 2 aliphatic heterocycles. The highest BCUT2D eigenvalue weighted by Gasteiger charge is 2.30. The number of thiazole rings is 1. The predicted octanol–water partition coefficient (Wildman–Crippen LogP) is 1.11. The average Bonchev–Trinajstić information content (AvgIpc) is 3.14. The van der Waals surface area contributed by atoms with Gasteiger partial charge >= 0.3 is 0 Å². The fourth-order valence-corrected chi connectivity index (χ4v) is 4.10. The molecular formula is C14H23N3O2S. The molecule has 1 atom stereocenters. The Morgan fingerprint density at radius 3 is 2.80 bits per heavy atom. The summed E-state index contributed by atoms with van der Waals surface area (Å²) in [4.78, 5) is 10.7. The molecule has 0 aliphatic carbocycles. The Hall–Kier alpha value is -0.690. The van der Waals surface area contributed by atoms with Gasteiger partial charge in [0.1, 0.15) is 0 Å². The number of hydrogen-bond acceptors (Lipinski definition) is 6. The molecule has 112 valence electrons. The number of aliphatic hydroxyl groups is 1. The normalized spacial score (nSPS) is 24.5. The summed E-state index contributed by atoms with van der Waals surface area (Å²) in [5.74, 6) is 0. The van der Waals surface area contributed by atoms with Crippen LogP contribution in [0.25, 0.3) is 0 Å². The van der Waals surface area contributed by atoms with Gasteiger partial charge in [-0.05, 0) is 12.8 Å². The lowest BCUT2D eigenvalue weighted by Gasteiger charge is -2.32. The maximum Gasteiger partial charge on any atom is 0.185 e. The van der Waals surface area contributed by atoms with E-state index in [2.05, 4.69) is 16.7 Å². The van der Waals surface area contributed by atoms with Crippen LogP contribution >= 0.6 is 11.3 Å². The Labute approximate surface area is 124 Å². The summed E-state index contributed by atoms with van der Waals surface area (Å²) >= 11 is 1.65. The van der Waals surface area contributed by atoms with E-state index in [1.54, 1.807) is 11.3 Å². The number of morpholine rings is 1. The Kier molecular flexibility index (Phi) is 4.55. The smallest absolute Gasteiger partial charge is 0.185 e. The molecule has 1 N–H and O–H groups in total. The summed E-state index contributed by atoms with van der Waals surface area (Å²) in [6.45, 7) is 8.17. The minimum Gasteiger partial charge on any atom is -0.391 e.